The SMILES string of the molecule is COc1ccc(C#N)cc1CNC(C)c1cccc(F)c1. The van der Waals surface area contributed by atoms with E-state index in [-0.39, 0.29) is 11.9 Å². The van der Waals surface area contributed by atoms with Crippen molar-refractivity contribution in [1.29, 1.82) is 5.26 Å². The van der Waals surface area contributed by atoms with Crippen LogP contribution in [0.1, 0.15) is 29.7 Å². The number of hydrogen-bond donors (Lipinski definition) is 1. The fourth-order valence-electron chi connectivity index (χ4n) is 2.14. The minimum absolute atomic E-state index is 0.00357. The smallest absolute Gasteiger partial charge is 0.123 e. The first-order valence-corrected chi connectivity index (χ1v) is 6.70. The zero-order valence-corrected chi connectivity index (χ0v) is 12.1. The lowest BCUT2D eigenvalue weighted by Gasteiger charge is -2.16. The van der Waals surface area contributed by atoms with Crippen molar-refractivity contribution in [1.82, 2.24) is 5.32 Å². The van der Waals surface area contributed by atoms with E-state index in [1.54, 1.807) is 31.4 Å². The molecule has 0 spiro atoms. The third-order valence-electron chi connectivity index (χ3n) is 3.36. The molecule has 0 radical (unpaired) electrons. The molecule has 3 nitrogen and oxygen atoms in total. The summed E-state index contributed by atoms with van der Waals surface area (Å²) in [5.74, 6) is 0.484. The van der Waals surface area contributed by atoms with Gasteiger partial charge in [-0.2, -0.15) is 5.26 Å². The van der Waals surface area contributed by atoms with E-state index < -0.39 is 0 Å². The molecule has 0 aliphatic heterocycles. The van der Waals surface area contributed by atoms with Gasteiger partial charge in [0.2, 0.25) is 0 Å². The summed E-state index contributed by atoms with van der Waals surface area (Å²) in [6.45, 7) is 2.51. The van der Waals surface area contributed by atoms with Crippen LogP contribution in [0, 0.1) is 17.1 Å². The highest BCUT2D eigenvalue weighted by molar-refractivity contribution is 5.42. The van der Waals surface area contributed by atoms with Gasteiger partial charge in [0.05, 0.1) is 18.7 Å². The van der Waals surface area contributed by atoms with E-state index in [9.17, 15) is 4.39 Å². The Hall–Kier alpha value is -2.38. The lowest BCUT2D eigenvalue weighted by atomic mass is 10.1. The lowest BCUT2D eigenvalue weighted by molar-refractivity contribution is 0.406. The van der Waals surface area contributed by atoms with Crippen LogP contribution in [0.4, 0.5) is 4.39 Å². The van der Waals surface area contributed by atoms with Crippen LogP contribution in [0.25, 0.3) is 0 Å². The predicted octanol–water partition coefficient (Wildman–Crippen LogP) is 3.56. The quantitative estimate of drug-likeness (QED) is 0.913. The molecule has 2 aromatic carbocycles. The van der Waals surface area contributed by atoms with Gasteiger partial charge in [0, 0.05) is 18.2 Å². The predicted molar refractivity (Wildman–Crippen MR) is 79.4 cm³/mol. The molecular weight excluding hydrogens is 267 g/mol. The Labute approximate surface area is 124 Å². The van der Waals surface area contributed by atoms with E-state index in [4.69, 9.17) is 10.00 Å². The first-order valence-electron chi connectivity index (χ1n) is 6.70. The maximum Gasteiger partial charge on any atom is 0.123 e. The van der Waals surface area contributed by atoms with Gasteiger partial charge in [-0.05, 0) is 42.8 Å². The Bertz CT molecular complexity index is 664. The number of rotatable bonds is 5. The zero-order chi connectivity index (χ0) is 15.2. The van der Waals surface area contributed by atoms with Crippen molar-refractivity contribution in [3.05, 3.63) is 65.0 Å². The molecule has 1 atom stereocenters. The van der Waals surface area contributed by atoms with E-state index in [0.29, 0.717) is 12.1 Å². The third kappa shape index (κ3) is 3.80. The summed E-state index contributed by atoms with van der Waals surface area (Å²) in [6.07, 6.45) is 0. The highest BCUT2D eigenvalue weighted by Gasteiger charge is 2.09. The number of nitriles is 1. The molecule has 1 N–H and O–H groups in total. The first-order chi connectivity index (χ1) is 10.1. The van der Waals surface area contributed by atoms with Crippen molar-refractivity contribution in [2.45, 2.75) is 19.5 Å². The monoisotopic (exact) mass is 284 g/mol. The zero-order valence-electron chi connectivity index (χ0n) is 12.1. The summed E-state index contributed by atoms with van der Waals surface area (Å²) in [5, 5.41) is 12.3. The number of nitrogens with zero attached hydrogens (tertiary/aromatic N) is 1. The molecule has 4 heteroatoms. The van der Waals surface area contributed by atoms with E-state index in [1.165, 1.54) is 12.1 Å². The molecule has 0 aliphatic carbocycles. The van der Waals surface area contributed by atoms with Gasteiger partial charge in [-0.3, -0.25) is 0 Å². The Morgan fingerprint density at radius 3 is 2.76 bits per heavy atom. The van der Waals surface area contributed by atoms with Crippen LogP contribution in [-0.4, -0.2) is 7.11 Å². The summed E-state index contributed by atoms with van der Waals surface area (Å²) in [5.41, 5.74) is 2.37. The van der Waals surface area contributed by atoms with Gasteiger partial charge < -0.3 is 10.1 Å². The third-order valence-corrected chi connectivity index (χ3v) is 3.36. The minimum atomic E-state index is -0.245. The van der Waals surface area contributed by atoms with Gasteiger partial charge in [0.1, 0.15) is 11.6 Å². The number of ether oxygens (including phenoxy) is 1. The number of benzene rings is 2. The summed E-state index contributed by atoms with van der Waals surface area (Å²) >= 11 is 0. The summed E-state index contributed by atoms with van der Waals surface area (Å²) in [7, 11) is 1.60. The van der Waals surface area contributed by atoms with Crippen LogP contribution >= 0.6 is 0 Å². The second-order valence-electron chi connectivity index (χ2n) is 4.80. The molecule has 2 rings (SSSR count). The highest BCUT2D eigenvalue weighted by atomic mass is 19.1. The van der Waals surface area contributed by atoms with Crippen molar-refractivity contribution in [3.63, 3.8) is 0 Å². The summed E-state index contributed by atoms with van der Waals surface area (Å²) in [4.78, 5) is 0. The first kappa shape index (κ1) is 15.0. The average Bonchev–Trinajstić information content (AvgIpc) is 2.52. The molecule has 1 unspecified atom stereocenters. The van der Waals surface area contributed by atoms with Gasteiger partial charge in [-0.15, -0.1) is 0 Å². The van der Waals surface area contributed by atoms with Crippen molar-refractivity contribution in [3.8, 4) is 11.8 Å². The van der Waals surface area contributed by atoms with Crippen molar-refractivity contribution >= 4 is 0 Å². The molecular formula is C17H17FN2O. The fraction of sp³-hybridized carbons (Fsp3) is 0.235. The normalized spacial score (nSPS) is 11.7. The van der Waals surface area contributed by atoms with Crippen LogP contribution in [-0.2, 0) is 6.54 Å². The number of halogens is 1. The molecule has 108 valence electrons. The minimum Gasteiger partial charge on any atom is -0.496 e. The maximum absolute atomic E-state index is 13.2. The van der Waals surface area contributed by atoms with E-state index in [2.05, 4.69) is 11.4 Å². The van der Waals surface area contributed by atoms with Gasteiger partial charge in [-0.1, -0.05) is 12.1 Å². The molecule has 0 saturated heterocycles. The van der Waals surface area contributed by atoms with Gasteiger partial charge in [-0.25, -0.2) is 4.39 Å². The van der Waals surface area contributed by atoms with Crippen molar-refractivity contribution in [2.75, 3.05) is 7.11 Å². The molecule has 0 saturated carbocycles. The summed E-state index contributed by atoms with van der Waals surface area (Å²) in [6, 6.07) is 13.9. The lowest BCUT2D eigenvalue weighted by Crippen LogP contribution is -2.18. The second kappa shape index (κ2) is 6.87. The molecule has 0 amide bonds. The Morgan fingerprint density at radius 1 is 1.29 bits per heavy atom. The van der Waals surface area contributed by atoms with Crippen molar-refractivity contribution < 1.29 is 9.13 Å². The largest absolute Gasteiger partial charge is 0.496 e. The Morgan fingerprint density at radius 2 is 2.10 bits per heavy atom. The van der Waals surface area contributed by atoms with Gasteiger partial charge >= 0.3 is 0 Å². The van der Waals surface area contributed by atoms with E-state index in [1.807, 2.05) is 13.0 Å². The van der Waals surface area contributed by atoms with Crippen LogP contribution in [0.2, 0.25) is 0 Å². The Balaban J connectivity index is 2.10. The van der Waals surface area contributed by atoms with Crippen LogP contribution < -0.4 is 10.1 Å². The molecule has 0 aromatic heterocycles. The topological polar surface area (TPSA) is 45.0 Å². The molecule has 21 heavy (non-hydrogen) atoms. The number of methoxy groups -OCH3 is 1. The summed E-state index contributed by atoms with van der Waals surface area (Å²) < 4.78 is 18.5. The molecule has 0 aliphatic rings. The Kier molecular flexibility index (Phi) is 4.91. The van der Waals surface area contributed by atoms with Crippen LogP contribution in [0.15, 0.2) is 42.5 Å². The standard InChI is InChI=1S/C17H17FN2O/c1-12(14-4-3-5-16(18)9-14)20-11-15-8-13(10-19)6-7-17(15)21-2/h3-9,12,20H,11H2,1-2H3. The van der Waals surface area contributed by atoms with E-state index in [0.717, 1.165) is 16.9 Å². The maximum atomic E-state index is 13.2. The van der Waals surface area contributed by atoms with Crippen LogP contribution in [0.3, 0.4) is 0 Å². The van der Waals surface area contributed by atoms with Gasteiger partial charge in [0.15, 0.2) is 0 Å². The van der Waals surface area contributed by atoms with Crippen molar-refractivity contribution in [2.24, 2.45) is 0 Å². The molecule has 2 aromatic rings. The molecule has 0 bridgehead atoms. The molecule has 0 heterocycles. The molecule has 0 fully saturated rings. The number of nitrogens with one attached hydrogen (secondary N) is 1. The van der Waals surface area contributed by atoms with Crippen LogP contribution in [0.5, 0.6) is 5.75 Å². The number of hydrogen-bond acceptors (Lipinski definition) is 3. The fourth-order valence-corrected chi connectivity index (χ4v) is 2.14. The van der Waals surface area contributed by atoms with E-state index >= 15 is 0 Å². The van der Waals surface area contributed by atoms with Gasteiger partial charge in [0.25, 0.3) is 0 Å². The highest BCUT2D eigenvalue weighted by Crippen LogP contribution is 2.21. The average molecular weight is 284 g/mol. The second-order valence-corrected chi connectivity index (χ2v) is 4.80.